The molecule has 0 spiro atoms. The van der Waals surface area contributed by atoms with Gasteiger partial charge >= 0.3 is 0 Å². The van der Waals surface area contributed by atoms with Gasteiger partial charge < -0.3 is 4.74 Å². The van der Waals surface area contributed by atoms with E-state index < -0.39 is 0 Å². The third kappa shape index (κ3) is 4.72. The first kappa shape index (κ1) is 19.9. The van der Waals surface area contributed by atoms with Crippen molar-refractivity contribution in [2.75, 3.05) is 18.7 Å². The Hall–Kier alpha value is -1.82. The van der Waals surface area contributed by atoms with Gasteiger partial charge in [0, 0.05) is 17.8 Å². The molecule has 0 radical (unpaired) electrons. The minimum absolute atomic E-state index is 0.200. The van der Waals surface area contributed by atoms with E-state index in [1.54, 1.807) is 7.11 Å². The molecule has 2 aromatic carbocycles. The molecular weight excluding hydrogens is 402 g/mol. The topological polar surface area (TPSA) is 27.7 Å². The lowest BCUT2D eigenvalue weighted by Crippen LogP contribution is -2.48. The number of hydrogen-bond donors (Lipinski definition) is 1. The fourth-order valence-corrected chi connectivity index (χ4v) is 3.87. The van der Waals surface area contributed by atoms with Crippen molar-refractivity contribution in [1.29, 1.82) is 0 Å². The number of halogens is 1. The molecule has 0 aromatic heterocycles. The lowest BCUT2D eigenvalue weighted by molar-refractivity contribution is 0.0963. The van der Waals surface area contributed by atoms with Crippen LogP contribution < -0.4 is 10.5 Å². The van der Waals surface area contributed by atoms with Gasteiger partial charge in [-0.15, -0.1) is 5.53 Å². The third-order valence-electron chi connectivity index (χ3n) is 4.84. The highest BCUT2D eigenvalue weighted by atomic mass is 79.9. The summed E-state index contributed by atoms with van der Waals surface area (Å²) in [7, 11) is 1.75. The van der Waals surface area contributed by atoms with Crippen LogP contribution in [0.1, 0.15) is 37.8 Å². The quantitative estimate of drug-likeness (QED) is 0.651. The van der Waals surface area contributed by atoms with Gasteiger partial charge in [-0.1, -0.05) is 50.2 Å². The Bertz CT molecular complexity index is 791. The van der Waals surface area contributed by atoms with E-state index in [0.29, 0.717) is 12.5 Å². The van der Waals surface area contributed by atoms with Crippen molar-refractivity contribution in [3.8, 4) is 0 Å². The number of benzene rings is 2. The molecule has 4 nitrogen and oxygen atoms in total. The Morgan fingerprint density at radius 3 is 2.48 bits per heavy atom. The SMILES string of the molecule is COC[C@H](Cc1ccccc1)N1C=C(C)N(c2ccc(C(C)C)cc2Br)N1. The van der Waals surface area contributed by atoms with Crippen LogP contribution >= 0.6 is 15.9 Å². The van der Waals surface area contributed by atoms with Crippen molar-refractivity contribution in [3.63, 3.8) is 0 Å². The van der Waals surface area contributed by atoms with Gasteiger partial charge in [0.05, 0.1) is 24.0 Å². The predicted molar refractivity (Wildman–Crippen MR) is 115 cm³/mol. The fraction of sp³-hybridized carbons (Fsp3) is 0.364. The van der Waals surface area contributed by atoms with E-state index in [4.69, 9.17) is 4.74 Å². The average Bonchev–Trinajstić information content (AvgIpc) is 3.03. The highest BCUT2D eigenvalue weighted by Gasteiger charge is 2.26. The largest absolute Gasteiger partial charge is 0.382 e. The summed E-state index contributed by atoms with van der Waals surface area (Å²) in [5.74, 6) is 0.506. The number of nitrogens with one attached hydrogen (secondary N) is 1. The highest BCUT2D eigenvalue weighted by molar-refractivity contribution is 9.10. The van der Waals surface area contributed by atoms with Crippen molar-refractivity contribution in [2.24, 2.45) is 0 Å². The van der Waals surface area contributed by atoms with Crippen LogP contribution in [-0.4, -0.2) is 24.8 Å². The van der Waals surface area contributed by atoms with E-state index >= 15 is 0 Å². The van der Waals surface area contributed by atoms with Gasteiger partial charge in [-0.2, -0.15) is 0 Å². The number of rotatable bonds is 7. The van der Waals surface area contributed by atoms with Gasteiger partial charge in [0.2, 0.25) is 0 Å². The lowest BCUT2D eigenvalue weighted by atomic mass is 10.0. The number of allylic oxidation sites excluding steroid dienone is 1. The van der Waals surface area contributed by atoms with Crippen molar-refractivity contribution in [3.05, 3.63) is 76.0 Å². The smallest absolute Gasteiger partial charge is 0.0740 e. The van der Waals surface area contributed by atoms with Crippen LogP contribution in [0.5, 0.6) is 0 Å². The third-order valence-corrected chi connectivity index (χ3v) is 5.48. The molecular formula is C22H28BrN3O. The second-order valence-corrected chi connectivity index (χ2v) is 8.13. The van der Waals surface area contributed by atoms with Gasteiger partial charge in [-0.25, -0.2) is 0 Å². The summed E-state index contributed by atoms with van der Waals surface area (Å²) in [5, 5.41) is 4.26. The molecule has 1 N–H and O–H groups in total. The zero-order valence-corrected chi connectivity index (χ0v) is 18.0. The highest BCUT2D eigenvalue weighted by Crippen LogP contribution is 2.33. The van der Waals surface area contributed by atoms with Crippen LogP contribution in [0.4, 0.5) is 5.69 Å². The first-order valence-electron chi connectivity index (χ1n) is 9.35. The Kier molecular flexibility index (Phi) is 6.58. The molecule has 0 saturated carbocycles. The molecule has 0 unspecified atom stereocenters. The number of nitrogens with zero attached hydrogens (tertiary/aromatic N) is 2. The molecule has 1 atom stereocenters. The number of anilines is 1. The molecule has 0 aliphatic carbocycles. The second-order valence-electron chi connectivity index (χ2n) is 7.28. The van der Waals surface area contributed by atoms with E-state index in [0.717, 1.165) is 22.3 Å². The van der Waals surface area contributed by atoms with Crippen LogP contribution in [0.25, 0.3) is 0 Å². The molecule has 3 rings (SSSR count). The van der Waals surface area contributed by atoms with Gasteiger partial charge in [-0.3, -0.25) is 10.0 Å². The summed E-state index contributed by atoms with van der Waals surface area (Å²) >= 11 is 3.74. The Morgan fingerprint density at radius 1 is 1.11 bits per heavy atom. The first-order valence-corrected chi connectivity index (χ1v) is 10.1. The second kappa shape index (κ2) is 8.91. The molecule has 144 valence electrons. The molecule has 1 aliphatic heterocycles. The van der Waals surface area contributed by atoms with E-state index in [1.807, 2.05) is 6.07 Å². The number of hydrogen-bond acceptors (Lipinski definition) is 4. The van der Waals surface area contributed by atoms with Crippen LogP contribution in [-0.2, 0) is 11.2 Å². The maximum atomic E-state index is 5.49. The van der Waals surface area contributed by atoms with Crippen molar-refractivity contribution in [2.45, 2.75) is 39.2 Å². The van der Waals surface area contributed by atoms with Crippen LogP contribution in [0.15, 0.2) is 64.9 Å². The normalized spacial score (nSPS) is 15.4. The van der Waals surface area contributed by atoms with Gasteiger partial charge in [0.15, 0.2) is 0 Å². The van der Waals surface area contributed by atoms with Gasteiger partial charge in [0.1, 0.15) is 0 Å². The van der Waals surface area contributed by atoms with Gasteiger partial charge in [0.25, 0.3) is 0 Å². The maximum Gasteiger partial charge on any atom is 0.0740 e. The monoisotopic (exact) mass is 429 g/mol. The Labute approximate surface area is 170 Å². The standard InChI is InChI=1S/C22H28BrN3O/c1-16(2)19-10-11-22(21(23)13-19)26-17(3)14-25(24-26)20(15-27-4)12-18-8-6-5-7-9-18/h5-11,13-14,16,20,24H,12,15H2,1-4H3/t20-/m0/s1. The predicted octanol–water partition coefficient (Wildman–Crippen LogP) is 5.23. The van der Waals surface area contributed by atoms with E-state index in [9.17, 15) is 0 Å². The van der Waals surface area contributed by atoms with Crippen LogP contribution in [0, 0.1) is 0 Å². The van der Waals surface area contributed by atoms with E-state index in [-0.39, 0.29) is 6.04 Å². The van der Waals surface area contributed by atoms with Crippen molar-refractivity contribution >= 4 is 21.6 Å². The number of hydrazine groups is 2. The van der Waals surface area contributed by atoms with Crippen molar-refractivity contribution in [1.82, 2.24) is 10.5 Å². The minimum atomic E-state index is 0.200. The summed E-state index contributed by atoms with van der Waals surface area (Å²) in [6.07, 6.45) is 3.06. The molecule has 2 aromatic rings. The van der Waals surface area contributed by atoms with Crippen LogP contribution in [0.2, 0.25) is 0 Å². The van der Waals surface area contributed by atoms with E-state index in [2.05, 4.69) is 101 Å². The molecule has 0 bridgehead atoms. The minimum Gasteiger partial charge on any atom is -0.382 e. The van der Waals surface area contributed by atoms with Crippen LogP contribution in [0.3, 0.4) is 0 Å². The molecule has 1 heterocycles. The summed E-state index contributed by atoms with van der Waals surface area (Å²) in [6.45, 7) is 7.18. The molecule has 5 heteroatoms. The molecule has 0 saturated heterocycles. The summed E-state index contributed by atoms with van der Waals surface area (Å²) in [4.78, 5) is 0. The van der Waals surface area contributed by atoms with Gasteiger partial charge in [-0.05, 0) is 58.5 Å². The Morgan fingerprint density at radius 2 is 1.85 bits per heavy atom. The van der Waals surface area contributed by atoms with Crippen molar-refractivity contribution < 1.29 is 4.74 Å². The molecule has 0 fully saturated rings. The van der Waals surface area contributed by atoms with E-state index in [1.165, 1.54) is 11.1 Å². The summed E-state index contributed by atoms with van der Waals surface area (Å²) in [5.41, 5.74) is 8.38. The zero-order valence-electron chi connectivity index (χ0n) is 16.4. The Balaban J connectivity index is 1.78. The first-order chi connectivity index (χ1) is 13.0. The molecule has 1 aliphatic rings. The molecule has 0 amide bonds. The zero-order chi connectivity index (χ0) is 19.4. The summed E-state index contributed by atoms with van der Waals surface area (Å²) < 4.78 is 6.58. The fourth-order valence-electron chi connectivity index (χ4n) is 3.29. The summed E-state index contributed by atoms with van der Waals surface area (Å²) in [6, 6.07) is 17.3. The maximum absolute atomic E-state index is 5.49. The number of methoxy groups -OCH3 is 1. The lowest BCUT2D eigenvalue weighted by Gasteiger charge is -2.30. The number of ether oxygens (including phenoxy) is 1. The average molecular weight is 430 g/mol. The molecule has 27 heavy (non-hydrogen) atoms.